The minimum Gasteiger partial charge on any atom is -0.488 e. The lowest BCUT2D eigenvalue weighted by Gasteiger charge is -2.17. The topological polar surface area (TPSA) is 137 Å². The van der Waals surface area contributed by atoms with Crippen LogP contribution in [-0.4, -0.2) is 35.6 Å². The average molecular weight is 963 g/mol. The highest BCUT2D eigenvalue weighted by Gasteiger charge is 2.43. The molecule has 2 aliphatic heterocycles. The van der Waals surface area contributed by atoms with Crippen LogP contribution in [0.3, 0.4) is 0 Å². The van der Waals surface area contributed by atoms with Crippen LogP contribution in [0.5, 0.6) is 11.5 Å². The zero-order valence-electron chi connectivity index (χ0n) is 32.1. The molecule has 316 valence electrons. The van der Waals surface area contributed by atoms with E-state index in [0.717, 1.165) is 15.4 Å². The van der Waals surface area contributed by atoms with Crippen molar-refractivity contribution in [3.8, 4) is 11.5 Å². The number of carbonyl (C=O) groups excluding carboxylic acids is 6. The Kier molecular flexibility index (Phi) is 12.5. The third kappa shape index (κ3) is 8.73. The number of carbonyl (C=O) groups is 6. The molecule has 0 fully saturated rings. The van der Waals surface area contributed by atoms with Gasteiger partial charge in [0.15, 0.2) is 0 Å². The van der Waals surface area contributed by atoms with Gasteiger partial charge in [-0.3, -0.25) is 28.8 Å². The molecule has 0 saturated heterocycles. The summed E-state index contributed by atoms with van der Waals surface area (Å²) in [5.74, 6) is -4.49. The molecule has 6 aromatic carbocycles. The van der Waals surface area contributed by atoms with Crippen LogP contribution < -0.4 is 19.3 Å². The van der Waals surface area contributed by atoms with Crippen LogP contribution in [0.1, 0.15) is 63.7 Å². The molecule has 0 atom stereocenters. The van der Waals surface area contributed by atoms with Gasteiger partial charge in [0.1, 0.15) is 24.7 Å². The summed E-state index contributed by atoms with van der Waals surface area (Å²) in [6.45, 7) is 0.0761. The van der Waals surface area contributed by atoms with Crippen molar-refractivity contribution in [2.45, 2.75) is 26.1 Å². The second kappa shape index (κ2) is 18.1. The Bertz CT molecular complexity index is 2960. The molecule has 2 heterocycles. The van der Waals surface area contributed by atoms with Gasteiger partial charge in [0, 0.05) is 15.6 Å². The van der Waals surface area contributed by atoms with Crippen molar-refractivity contribution >= 4 is 117 Å². The SMILES string of the molecule is O=C(Cc1ccc(N2C(=O)c3c(Cl)ccc(OCc4cccc(Cl)c4)c3C2=O)c(Cl)c1)OC(=O)Cc1ccc(N2C(=O)c3c(Cl)ccc(OCc4ccccc4Cl)c3C2=O)c(Cl)c1. The maximum Gasteiger partial charge on any atom is 0.317 e. The van der Waals surface area contributed by atoms with Crippen molar-refractivity contribution < 1.29 is 43.0 Å². The summed E-state index contributed by atoms with van der Waals surface area (Å²) in [5, 5.41) is 0.950. The summed E-state index contributed by atoms with van der Waals surface area (Å²) < 4.78 is 16.9. The molecule has 4 amide bonds. The number of halogens is 6. The Morgan fingerprint density at radius 1 is 0.444 bits per heavy atom. The van der Waals surface area contributed by atoms with Gasteiger partial charge in [-0.2, -0.15) is 0 Å². The summed E-state index contributed by atoms with van der Waals surface area (Å²) in [7, 11) is 0. The fraction of sp³-hybridized carbons (Fsp3) is 0.0870. The normalized spacial score (nSPS) is 13.0. The first kappa shape index (κ1) is 43.7. The molecule has 0 aliphatic carbocycles. The number of anilines is 2. The molecule has 63 heavy (non-hydrogen) atoms. The standard InChI is InChI=1S/C46H26Cl6N2O9/c47-27-6-3-4-25(16-27)21-61-35-14-10-29(49)39-41(35)45(59)53(43(39)57)33-12-8-23(17-31(33)51)19-37(55)63-38(56)20-24-9-13-34(32(52)18-24)54-44(58)40-30(50)11-15-36(42(40)46(54)60)62-22-26-5-1-2-7-28(26)48/h1-18H,19-22H2. The van der Waals surface area contributed by atoms with Gasteiger partial charge in [-0.1, -0.05) is 112 Å². The van der Waals surface area contributed by atoms with Gasteiger partial charge in [0.05, 0.1) is 66.6 Å². The quantitative estimate of drug-likeness (QED) is 0.0667. The van der Waals surface area contributed by atoms with Crippen molar-refractivity contribution in [1.82, 2.24) is 0 Å². The Labute approximate surface area is 388 Å². The van der Waals surface area contributed by atoms with Crippen LogP contribution in [0.2, 0.25) is 30.1 Å². The van der Waals surface area contributed by atoms with Crippen LogP contribution >= 0.6 is 69.6 Å². The number of hydrogen-bond donors (Lipinski definition) is 0. The summed E-state index contributed by atoms with van der Waals surface area (Å²) in [6.07, 6.45) is -0.792. The minimum atomic E-state index is -0.921. The average Bonchev–Trinajstić information content (AvgIpc) is 3.66. The molecule has 0 radical (unpaired) electrons. The number of fused-ring (bicyclic) bond motifs is 2. The second-order valence-corrected chi connectivity index (χ2v) is 16.5. The second-order valence-electron chi connectivity index (χ2n) is 14.1. The third-order valence-corrected chi connectivity index (χ3v) is 11.8. The highest BCUT2D eigenvalue weighted by molar-refractivity contribution is 6.45. The molecule has 11 nitrogen and oxygen atoms in total. The molecule has 0 saturated carbocycles. The molecule has 0 spiro atoms. The summed E-state index contributed by atoms with van der Waals surface area (Å²) in [5.41, 5.74) is 1.88. The number of benzene rings is 6. The first-order chi connectivity index (χ1) is 30.2. The van der Waals surface area contributed by atoms with Gasteiger partial charge in [-0.15, -0.1) is 0 Å². The Hall–Kier alpha value is -5.92. The number of esters is 2. The van der Waals surface area contributed by atoms with Crippen molar-refractivity contribution in [2.75, 3.05) is 9.80 Å². The fourth-order valence-electron chi connectivity index (χ4n) is 7.04. The predicted molar refractivity (Wildman–Crippen MR) is 238 cm³/mol. The van der Waals surface area contributed by atoms with E-state index in [1.54, 1.807) is 48.5 Å². The van der Waals surface area contributed by atoms with Gasteiger partial charge < -0.3 is 14.2 Å². The Morgan fingerprint density at radius 2 is 0.937 bits per heavy atom. The van der Waals surface area contributed by atoms with Crippen LogP contribution in [0.25, 0.3) is 0 Å². The van der Waals surface area contributed by atoms with Gasteiger partial charge in [-0.25, -0.2) is 9.80 Å². The molecule has 0 N–H and O–H groups in total. The van der Waals surface area contributed by atoms with E-state index in [-0.39, 0.29) is 78.4 Å². The molecule has 0 unspecified atom stereocenters. The van der Waals surface area contributed by atoms with Crippen molar-refractivity contribution in [2.24, 2.45) is 0 Å². The van der Waals surface area contributed by atoms with E-state index >= 15 is 0 Å². The number of amides is 4. The van der Waals surface area contributed by atoms with Gasteiger partial charge in [-0.05, 0) is 83.4 Å². The number of ether oxygens (including phenoxy) is 3. The fourth-order valence-corrected chi connectivity index (χ4v) is 8.50. The molecule has 8 rings (SSSR count). The predicted octanol–water partition coefficient (Wildman–Crippen LogP) is 11.2. The van der Waals surface area contributed by atoms with E-state index in [0.29, 0.717) is 26.7 Å². The van der Waals surface area contributed by atoms with Crippen LogP contribution in [0.15, 0.2) is 109 Å². The number of nitrogens with zero attached hydrogens (tertiary/aromatic N) is 2. The van der Waals surface area contributed by atoms with E-state index in [9.17, 15) is 28.8 Å². The molecule has 2 aliphatic rings. The molecular formula is C46H26Cl6N2O9. The van der Waals surface area contributed by atoms with E-state index in [1.807, 2.05) is 0 Å². The monoisotopic (exact) mass is 960 g/mol. The number of hydrogen-bond acceptors (Lipinski definition) is 9. The molecule has 17 heteroatoms. The highest BCUT2D eigenvalue weighted by Crippen LogP contribution is 2.42. The van der Waals surface area contributed by atoms with E-state index in [1.165, 1.54) is 60.7 Å². The maximum atomic E-state index is 13.7. The molecule has 0 aromatic heterocycles. The minimum absolute atomic E-state index is 0.0169. The Morgan fingerprint density at radius 3 is 1.43 bits per heavy atom. The van der Waals surface area contributed by atoms with Crippen molar-refractivity contribution in [3.05, 3.63) is 184 Å². The number of imide groups is 2. The number of rotatable bonds is 12. The lowest BCUT2D eigenvalue weighted by molar-refractivity contribution is -0.158. The molecule has 0 bridgehead atoms. The van der Waals surface area contributed by atoms with Gasteiger partial charge in [0.25, 0.3) is 23.6 Å². The van der Waals surface area contributed by atoms with Gasteiger partial charge in [0.2, 0.25) is 0 Å². The smallest absolute Gasteiger partial charge is 0.317 e. The zero-order chi connectivity index (χ0) is 44.7. The summed E-state index contributed by atoms with van der Waals surface area (Å²) in [4.78, 5) is 82.1. The van der Waals surface area contributed by atoms with E-state index < -0.39 is 48.4 Å². The van der Waals surface area contributed by atoms with Gasteiger partial charge >= 0.3 is 11.9 Å². The van der Waals surface area contributed by atoms with Crippen molar-refractivity contribution in [1.29, 1.82) is 0 Å². The third-order valence-electron chi connectivity index (χ3n) is 9.96. The maximum absolute atomic E-state index is 13.7. The zero-order valence-corrected chi connectivity index (χ0v) is 36.6. The first-order valence-electron chi connectivity index (χ1n) is 18.7. The largest absolute Gasteiger partial charge is 0.488 e. The first-order valence-corrected chi connectivity index (χ1v) is 20.9. The van der Waals surface area contributed by atoms with Crippen LogP contribution in [0, 0.1) is 0 Å². The molecule has 6 aromatic rings. The molecular weight excluding hydrogens is 937 g/mol. The van der Waals surface area contributed by atoms with Crippen molar-refractivity contribution in [3.63, 3.8) is 0 Å². The lowest BCUT2D eigenvalue weighted by atomic mass is 10.1. The van der Waals surface area contributed by atoms with E-state index in [4.69, 9.17) is 83.8 Å². The van der Waals surface area contributed by atoms with Crippen LogP contribution in [-0.2, 0) is 40.4 Å². The Balaban J connectivity index is 0.900. The highest BCUT2D eigenvalue weighted by atomic mass is 35.5. The van der Waals surface area contributed by atoms with E-state index in [2.05, 4.69) is 0 Å². The summed E-state index contributed by atoms with van der Waals surface area (Å²) in [6, 6.07) is 28.3. The summed E-state index contributed by atoms with van der Waals surface area (Å²) >= 11 is 38.3. The lowest BCUT2D eigenvalue weighted by Crippen LogP contribution is -2.30. The van der Waals surface area contributed by atoms with Crippen LogP contribution in [0.4, 0.5) is 11.4 Å².